The normalized spacial score (nSPS) is 52.9. The Balaban J connectivity index is 1.61. The Morgan fingerprint density at radius 2 is 1.76 bits per heavy atom. The fourth-order valence-electron chi connectivity index (χ4n) is 8.68. The number of hydrogen-bond donors (Lipinski definition) is 4. The molecule has 4 aliphatic carbocycles. The van der Waals surface area contributed by atoms with Crippen LogP contribution in [0.4, 0.5) is 0 Å². The maximum Gasteiger partial charge on any atom is 0.303 e. The van der Waals surface area contributed by atoms with Crippen molar-refractivity contribution in [2.45, 2.75) is 96.9 Å². The van der Waals surface area contributed by atoms with Crippen molar-refractivity contribution in [2.24, 2.45) is 46.3 Å². The SMILES string of the molecule is C[C@@H](CCC(=O)O)[C@@H]1CC[C@@H]2[C@@H]3[C@@H](C[C@@H](O)[C@]21C)[C@]1(C)CC[C@H](O)C[C@@H]1C[C@@H]3O. The minimum Gasteiger partial charge on any atom is -0.481 e. The largest absolute Gasteiger partial charge is 0.481 e. The molecule has 0 aromatic rings. The molecule has 0 aromatic heterocycles. The van der Waals surface area contributed by atoms with E-state index < -0.39 is 12.1 Å². The zero-order valence-corrected chi connectivity index (χ0v) is 18.3. The summed E-state index contributed by atoms with van der Waals surface area (Å²) in [5.41, 5.74) is -0.143. The van der Waals surface area contributed by atoms with Crippen LogP contribution in [-0.2, 0) is 4.79 Å². The van der Waals surface area contributed by atoms with E-state index in [4.69, 9.17) is 5.11 Å². The summed E-state index contributed by atoms with van der Waals surface area (Å²) in [4.78, 5) is 11.1. The lowest BCUT2D eigenvalue weighted by molar-refractivity contribution is -0.207. The van der Waals surface area contributed by atoms with Crippen molar-refractivity contribution in [1.29, 1.82) is 0 Å². The lowest BCUT2D eigenvalue weighted by atomic mass is 9.43. The molecule has 4 saturated carbocycles. The highest BCUT2D eigenvalue weighted by Gasteiger charge is 2.65. The summed E-state index contributed by atoms with van der Waals surface area (Å²) < 4.78 is 0. The maximum absolute atomic E-state index is 11.5. The maximum atomic E-state index is 11.5. The molecule has 29 heavy (non-hydrogen) atoms. The van der Waals surface area contributed by atoms with E-state index in [2.05, 4.69) is 20.8 Å². The van der Waals surface area contributed by atoms with Crippen molar-refractivity contribution >= 4 is 5.97 Å². The van der Waals surface area contributed by atoms with Crippen molar-refractivity contribution in [3.05, 3.63) is 0 Å². The summed E-state index contributed by atoms with van der Waals surface area (Å²) in [7, 11) is 0. The number of aliphatic hydroxyl groups excluding tert-OH is 3. The molecule has 0 heterocycles. The van der Waals surface area contributed by atoms with E-state index in [0.717, 1.165) is 44.9 Å². The van der Waals surface area contributed by atoms with E-state index in [1.54, 1.807) is 0 Å². The molecule has 5 heteroatoms. The van der Waals surface area contributed by atoms with Crippen molar-refractivity contribution in [2.75, 3.05) is 0 Å². The van der Waals surface area contributed by atoms with Gasteiger partial charge in [0.05, 0.1) is 18.3 Å². The third kappa shape index (κ3) is 3.27. The first-order valence-electron chi connectivity index (χ1n) is 11.8. The highest BCUT2D eigenvalue weighted by molar-refractivity contribution is 5.66. The van der Waals surface area contributed by atoms with Crippen LogP contribution in [0.3, 0.4) is 0 Å². The molecule has 0 spiro atoms. The second-order valence-electron chi connectivity index (χ2n) is 11.4. The lowest BCUT2D eigenvalue weighted by Crippen LogP contribution is -2.62. The quantitative estimate of drug-likeness (QED) is 0.571. The summed E-state index contributed by atoms with van der Waals surface area (Å²) in [6.45, 7) is 6.72. The molecule has 0 aliphatic heterocycles. The third-order valence-electron chi connectivity index (χ3n) is 10.3. The van der Waals surface area contributed by atoms with E-state index in [9.17, 15) is 20.1 Å². The monoisotopic (exact) mass is 408 g/mol. The molecule has 0 aromatic carbocycles. The van der Waals surface area contributed by atoms with Gasteiger partial charge in [-0.15, -0.1) is 0 Å². The zero-order valence-electron chi connectivity index (χ0n) is 18.3. The molecule has 11 atom stereocenters. The number of hydrogen-bond acceptors (Lipinski definition) is 4. The molecule has 0 saturated heterocycles. The minimum atomic E-state index is -0.748. The first kappa shape index (κ1) is 21.6. The van der Waals surface area contributed by atoms with Gasteiger partial charge in [0.25, 0.3) is 0 Å². The van der Waals surface area contributed by atoms with Crippen LogP contribution < -0.4 is 0 Å². The van der Waals surface area contributed by atoms with Gasteiger partial charge in [-0.25, -0.2) is 0 Å². The molecule has 0 amide bonds. The molecule has 0 bridgehead atoms. The second-order valence-corrected chi connectivity index (χ2v) is 11.4. The number of carbonyl (C=O) groups is 1. The van der Waals surface area contributed by atoms with Crippen molar-refractivity contribution < 1.29 is 25.2 Å². The predicted molar refractivity (Wildman–Crippen MR) is 110 cm³/mol. The van der Waals surface area contributed by atoms with Crippen LogP contribution in [0.5, 0.6) is 0 Å². The second kappa shape index (κ2) is 7.49. The van der Waals surface area contributed by atoms with E-state index >= 15 is 0 Å². The standard InChI is InChI=1S/C24H40O5/c1-13(4-7-21(28)29)16-5-6-17-22-18(12-20(27)24(16,17)3)23(2)9-8-15(25)10-14(23)11-19(22)26/h13-20,22,25-27H,4-12H2,1-3H3,(H,28,29)/t13-,14+,15-,16-,17+,18+,19-,20+,22+,23+,24-/m0/s1. The molecule has 166 valence electrons. The molecule has 4 N–H and O–H groups in total. The first-order chi connectivity index (χ1) is 13.6. The molecule has 0 unspecified atom stereocenters. The van der Waals surface area contributed by atoms with Gasteiger partial charge in [0.1, 0.15) is 0 Å². The smallest absolute Gasteiger partial charge is 0.303 e. The Hall–Kier alpha value is -0.650. The highest BCUT2D eigenvalue weighted by atomic mass is 16.4. The van der Waals surface area contributed by atoms with Crippen molar-refractivity contribution in [1.82, 2.24) is 0 Å². The van der Waals surface area contributed by atoms with Gasteiger partial charge in [-0.05, 0) is 97.7 Å². The average molecular weight is 409 g/mol. The fourth-order valence-corrected chi connectivity index (χ4v) is 8.68. The summed E-state index contributed by atoms with van der Waals surface area (Å²) in [6.07, 6.45) is 6.00. The predicted octanol–water partition coefficient (Wildman–Crippen LogP) is 3.45. The van der Waals surface area contributed by atoms with E-state index in [1.165, 1.54) is 0 Å². The van der Waals surface area contributed by atoms with Crippen LogP contribution in [0, 0.1) is 46.3 Å². The number of aliphatic hydroxyl groups is 3. The first-order valence-corrected chi connectivity index (χ1v) is 11.8. The van der Waals surface area contributed by atoms with Gasteiger partial charge >= 0.3 is 5.97 Å². The number of rotatable bonds is 4. The molecule has 4 rings (SSSR count). The Bertz CT molecular complexity index is 637. The Labute approximate surface area is 174 Å². The van der Waals surface area contributed by atoms with Crippen LogP contribution in [0.1, 0.15) is 78.6 Å². The van der Waals surface area contributed by atoms with Gasteiger partial charge < -0.3 is 20.4 Å². The Morgan fingerprint density at radius 1 is 1.03 bits per heavy atom. The molecule has 5 nitrogen and oxygen atoms in total. The number of aliphatic carboxylic acids is 1. The van der Waals surface area contributed by atoms with Gasteiger partial charge in [-0.3, -0.25) is 4.79 Å². The van der Waals surface area contributed by atoms with Crippen LogP contribution in [0.25, 0.3) is 0 Å². The lowest BCUT2D eigenvalue weighted by Gasteiger charge is -2.63. The molecule has 4 fully saturated rings. The van der Waals surface area contributed by atoms with Gasteiger partial charge in [-0.1, -0.05) is 20.8 Å². The van der Waals surface area contributed by atoms with Gasteiger partial charge in [-0.2, -0.15) is 0 Å². The Kier molecular flexibility index (Phi) is 5.57. The van der Waals surface area contributed by atoms with Gasteiger partial charge in [0.2, 0.25) is 0 Å². The van der Waals surface area contributed by atoms with Crippen LogP contribution >= 0.6 is 0 Å². The molecule has 4 aliphatic rings. The molecule has 0 radical (unpaired) electrons. The third-order valence-corrected chi connectivity index (χ3v) is 10.3. The number of fused-ring (bicyclic) bond motifs is 5. The topological polar surface area (TPSA) is 98.0 Å². The highest BCUT2D eigenvalue weighted by Crippen LogP contribution is 2.68. The molecular weight excluding hydrogens is 368 g/mol. The summed E-state index contributed by atoms with van der Waals surface area (Å²) in [5.74, 6) is 0.997. The summed E-state index contributed by atoms with van der Waals surface area (Å²) >= 11 is 0. The summed E-state index contributed by atoms with van der Waals surface area (Å²) in [5, 5.41) is 42.0. The van der Waals surface area contributed by atoms with Crippen LogP contribution in [0.2, 0.25) is 0 Å². The van der Waals surface area contributed by atoms with E-state index in [1.807, 2.05) is 0 Å². The van der Waals surface area contributed by atoms with E-state index in [-0.39, 0.29) is 41.3 Å². The van der Waals surface area contributed by atoms with Crippen molar-refractivity contribution in [3.63, 3.8) is 0 Å². The zero-order chi connectivity index (χ0) is 21.1. The van der Waals surface area contributed by atoms with Crippen molar-refractivity contribution in [3.8, 4) is 0 Å². The fraction of sp³-hybridized carbons (Fsp3) is 0.958. The average Bonchev–Trinajstić information content (AvgIpc) is 3.01. The number of carboxylic acids is 1. The minimum absolute atomic E-state index is 0.0957. The van der Waals surface area contributed by atoms with Crippen LogP contribution in [-0.4, -0.2) is 44.7 Å². The van der Waals surface area contributed by atoms with E-state index in [0.29, 0.717) is 30.1 Å². The van der Waals surface area contributed by atoms with Gasteiger partial charge in [0.15, 0.2) is 0 Å². The van der Waals surface area contributed by atoms with Gasteiger partial charge in [0, 0.05) is 6.42 Å². The van der Waals surface area contributed by atoms with Crippen LogP contribution in [0.15, 0.2) is 0 Å². The number of carboxylic acid groups (broad SMARTS) is 1. The molecular formula is C24H40O5. The summed E-state index contributed by atoms with van der Waals surface area (Å²) in [6, 6.07) is 0. The Morgan fingerprint density at radius 3 is 2.45 bits per heavy atom.